The van der Waals surface area contributed by atoms with E-state index in [-0.39, 0.29) is 31.3 Å². The van der Waals surface area contributed by atoms with Crippen LogP contribution in [0.4, 0.5) is 5.69 Å². The van der Waals surface area contributed by atoms with Crippen molar-refractivity contribution in [3.05, 3.63) is 49.4 Å². The largest absolute Gasteiger partial charge is 0.504 e. The molecule has 1 amide bonds. The standard InChI is InChI=1S/C16H11Cl4NO5/c1-6-2-3-7(15(24)14(6)23)16(25)26-5-10(22)21-13-11(19)8(17)4-9(18)12(13)20/h2-4,23-24H,5H2,1H3,(H,21,22). The van der Waals surface area contributed by atoms with Crippen LogP contribution in [-0.4, -0.2) is 28.7 Å². The zero-order valence-corrected chi connectivity index (χ0v) is 16.1. The number of carbonyl (C=O) groups excluding carboxylic acids is 2. The van der Waals surface area contributed by atoms with Crippen molar-refractivity contribution >= 4 is 64.0 Å². The molecule has 0 aliphatic rings. The summed E-state index contributed by atoms with van der Waals surface area (Å²) in [5.74, 6) is -2.86. The molecule has 26 heavy (non-hydrogen) atoms. The van der Waals surface area contributed by atoms with Gasteiger partial charge in [0.1, 0.15) is 5.56 Å². The van der Waals surface area contributed by atoms with Gasteiger partial charge in [0.15, 0.2) is 18.1 Å². The highest BCUT2D eigenvalue weighted by Gasteiger charge is 2.20. The lowest BCUT2D eigenvalue weighted by Gasteiger charge is -2.12. The van der Waals surface area contributed by atoms with Gasteiger partial charge in [0.25, 0.3) is 5.91 Å². The van der Waals surface area contributed by atoms with Crippen molar-refractivity contribution in [2.24, 2.45) is 0 Å². The summed E-state index contributed by atoms with van der Waals surface area (Å²) in [6.07, 6.45) is 0. The first-order valence-electron chi connectivity index (χ1n) is 6.95. The number of esters is 1. The van der Waals surface area contributed by atoms with Crippen molar-refractivity contribution in [2.75, 3.05) is 11.9 Å². The van der Waals surface area contributed by atoms with E-state index in [2.05, 4.69) is 5.32 Å². The van der Waals surface area contributed by atoms with E-state index >= 15 is 0 Å². The minimum absolute atomic E-state index is 0.0253. The maximum Gasteiger partial charge on any atom is 0.342 e. The number of rotatable bonds is 4. The van der Waals surface area contributed by atoms with Crippen LogP contribution >= 0.6 is 46.4 Å². The molecule has 138 valence electrons. The second-order valence-electron chi connectivity index (χ2n) is 5.09. The molecule has 0 aliphatic carbocycles. The first kappa shape index (κ1) is 20.5. The highest BCUT2D eigenvalue weighted by Crippen LogP contribution is 2.41. The Labute approximate surface area is 168 Å². The molecule has 10 heteroatoms. The van der Waals surface area contributed by atoms with Crippen molar-refractivity contribution in [1.82, 2.24) is 0 Å². The Bertz CT molecular complexity index is 875. The van der Waals surface area contributed by atoms with Gasteiger partial charge < -0.3 is 20.3 Å². The number of hydrogen-bond donors (Lipinski definition) is 3. The second-order valence-corrected chi connectivity index (χ2v) is 6.67. The van der Waals surface area contributed by atoms with E-state index in [1.165, 1.54) is 18.2 Å². The fraction of sp³-hybridized carbons (Fsp3) is 0.125. The SMILES string of the molecule is Cc1ccc(C(=O)OCC(=O)Nc2c(Cl)c(Cl)cc(Cl)c2Cl)c(O)c1O. The van der Waals surface area contributed by atoms with Gasteiger partial charge in [-0.05, 0) is 24.6 Å². The molecule has 0 fully saturated rings. The Hall–Kier alpha value is -1.86. The Morgan fingerprint density at radius 2 is 1.62 bits per heavy atom. The quantitative estimate of drug-likeness (QED) is 0.361. The number of aromatic hydroxyl groups is 2. The topological polar surface area (TPSA) is 95.9 Å². The second kappa shape index (κ2) is 8.22. The average molecular weight is 439 g/mol. The van der Waals surface area contributed by atoms with Crippen LogP contribution in [0.25, 0.3) is 0 Å². The predicted octanol–water partition coefficient (Wildman–Crippen LogP) is 4.82. The third kappa shape index (κ3) is 4.27. The van der Waals surface area contributed by atoms with E-state index in [0.717, 1.165) is 0 Å². The number of phenols is 2. The lowest BCUT2D eigenvalue weighted by atomic mass is 10.1. The maximum atomic E-state index is 12.0. The molecule has 6 nitrogen and oxygen atoms in total. The van der Waals surface area contributed by atoms with Gasteiger partial charge in [-0.2, -0.15) is 0 Å². The Morgan fingerprint density at radius 3 is 2.19 bits per heavy atom. The number of nitrogens with one attached hydrogen (secondary N) is 1. The minimum Gasteiger partial charge on any atom is -0.504 e. The van der Waals surface area contributed by atoms with Gasteiger partial charge >= 0.3 is 5.97 Å². The van der Waals surface area contributed by atoms with Crippen molar-refractivity contribution in [3.8, 4) is 11.5 Å². The molecular weight excluding hydrogens is 428 g/mol. The van der Waals surface area contributed by atoms with Gasteiger partial charge in [0.2, 0.25) is 0 Å². The van der Waals surface area contributed by atoms with Crippen LogP contribution in [-0.2, 0) is 9.53 Å². The average Bonchev–Trinajstić information content (AvgIpc) is 2.59. The van der Waals surface area contributed by atoms with E-state index in [1.807, 2.05) is 0 Å². The number of benzene rings is 2. The smallest absolute Gasteiger partial charge is 0.342 e. The van der Waals surface area contributed by atoms with E-state index < -0.39 is 30.0 Å². The zero-order chi connectivity index (χ0) is 19.6. The van der Waals surface area contributed by atoms with Gasteiger partial charge in [0.05, 0.1) is 25.8 Å². The number of phenolic OH excluding ortho intramolecular Hbond substituents is 2. The summed E-state index contributed by atoms with van der Waals surface area (Å²) in [7, 11) is 0. The van der Waals surface area contributed by atoms with Crippen molar-refractivity contribution < 1.29 is 24.5 Å². The summed E-state index contributed by atoms with van der Waals surface area (Å²) >= 11 is 23.7. The summed E-state index contributed by atoms with van der Waals surface area (Å²) in [5, 5.41) is 21.8. The fourth-order valence-electron chi connectivity index (χ4n) is 1.91. The van der Waals surface area contributed by atoms with Crippen LogP contribution in [0, 0.1) is 6.92 Å². The molecule has 0 aliphatic heterocycles. The lowest BCUT2D eigenvalue weighted by molar-refractivity contribution is -0.119. The molecule has 0 heterocycles. The number of aryl methyl sites for hydroxylation is 1. The molecule has 0 radical (unpaired) electrons. The van der Waals surface area contributed by atoms with Gasteiger partial charge in [0, 0.05) is 0 Å². The molecule has 0 spiro atoms. The Kier molecular flexibility index (Phi) is 6.47. The number of amides is 1. The number of ether oxygens (including phenoxy) is 1. The van der Waals surface area contributed by atoms with Crippen LogP contribution in [0.1, 0.15) is 15.9 Å². The molecule has 2 aromatic rings. The molecule has 0 atom stereocenters. The monoisotopic (exact) mass is 437 g/mol. The Balaban J connectivity index is 2.09. The molecule has 0 aromatic heterocycles. The van der Waals surface area contributed by atoms with E-state index in [0.29, 0.717) is 5.56 Å². The minimum atomic E-state index is -1.01. The van der Waals surface area contributed by atoms with Gasteiger partial charge in [-0.1, -0.05) is 52.5 Å². The normalized spacial score (nSPS) is 10.5. The summed E-state index contributed by atoms with van der Waals surface area (Å²) in [5.41, 5.74) is 0.0596. The number of carbonyl (C=O) groups is 2. The molecule has 2 rings (SSSR count). The van der Waals surface area contributed by atoms with E-state index in [1.54, 1.807) is 6.92 Å². The van der Waals surface area contributed by atoms with Crippen LogP contribution in [0.5, 0.6) is 11.5 Å². The molecule has 0 unspecified atom stereocenters. The van der Waals surface area contributed by atoms with Crippen LogP contribution < -0.4 is 5.32 Å². The highest BCUT2D eigenvalue weighted by atomic mass is 35.5. The molecular formula is C16H11Cl4NO5. The summed E-state index contributed by atoms with van der Waals surface area (Å²) in [6, 6.07) is 3.99. The third-order valence-electron chi connectivity index (χ3n) is 3.28. The van der Waals surface area contributed by atoms with E-state index in [4.69, 9.17) is 51.1 Å². The molecule has 0 saturated carbocycles. The van der Waals surface area contributed by atoms with Gasteiger partial charge in [-0.15, -0.1) is 0 Å². The van der Waals surface area contributed by atoms with Crippen LogP contribution in [0.2, 0.25) is 20.1 Å². The summed E-state index contributed by atoms with van der Waals surface area (Å²) in [4.78, 5) is 23.9. The predicted molar refractivity (Wildman–Crippen MR) is 99.9 cm³/mol. The van der Waals surface area contributed by atoms with Crippen molar-refractivity contribution in [2.45, 2.75) is 6.92 Å². The number of hydrogen-bond acceptors (Lipinski definition) is 5. The third-order valence-corrected chi connectivity index (χ3v) is 4.86. The summed E-state index contributed by atoms with van der Waals surface area (Å²) < 4.78 is 4.80. The lowest BCUT2D eigenvalue weighted by Crippen LogP contribution is -2.21. The number of anilines is 1. The van der Waals surface area contributed by atoms with Crippen molar-refractivity contribution in [1.29, 1.82) is 0 Å². The zero-order valence-electron chi connectivity index (χ0n) is 13.1. The van der Waals surface area contributed by atoms with Gasteiger partial charge in [-0.25, -0.2) is 4.79 Å². The molecule has 3 N–H and O–H groups in total. The summed E-state index contributed by atoms with van der Waals surface area (Å²) in [6.45, 7) is 0.838. The van der Waals surface area contributed by atoms with Gasteiger partial charge in [-0.3, -0.25) is 4.79 Å². The highest BCUT2D eigenvalue weighted by molar-refractivity contribution is 6.50. The van der Waals surface area contributed by atoms with Crippen molar-refractivity contribution in [3.63, 3.8) is 0 Å². The first-order valence-corrected chi connectivity index (χ1v) is 8.46. The number of halogens is 4. The van der Waals surface area contributed by atoms with Crippen LogP contribution in [0.15, 0.2) is 18.2 Å². The molecule has 0 saturated heterocycles. The maximum absolute atomic E-state index is 12.0. The van der Waals surface area contributed by atoms with Crippen LogP contribution in [0.3, 0.4) is 0 Å². The molecule has 0 bridgehead atoms. The molecule has 2 aromatic carbocycles. The Morgan fingerprint density at radius 1 is 1.04 bits per heavy atom. The fourth-order valence-corrected chi connectivity index (χ4v) is 2.82. The van der Waals surface area contributed by atoms with E-state index in [9.17, 15) is 19.8 Å². The first-order chi connectivity index (χ1) is 12.1.